The van der Waals surface area contributed by atoms with E-state index in [1.165, 1.54) is 19.5 Å². The molecule has 1 aromatic rings. The zero-order valence-corrected chi connectivity index (χ0v) is 12.1. The zero-order chi connectivity index (χ0) is 15.0. The molecule has 0 bridgehead atoms. The molecule has 1 saturated heterocycles. The molecule has 1 N–H and O–H groups in total. The highest BCUT2D eigenvalue weighted by Gasteiger charge is 2.44. The topological polar surface area (TPSA) is 84.4 Å². The first kappa shape index (κ1) is 13.8. The van der Waals surface area contributed by atoms with Gasteiger partial charge in [-0.05, 0) is 12.3 Å². The molecule has 0 radical (unpaired) electrons. The van der Waals surface area contributed by atoms with Crippen LogP contribution in [0.2, 0.25) is 0 Å². The number of carbonyl (C=O) groups excluding carboxylic acids is 2. The van der Waals surface area contributed by atoms with Crippen molar-refractivity contribution in [1.29, 1.82) is 0 Å². The van der Waals surface area contributed by atoms with Crippen molar-refractivity contribution < 1.29 is 14.3 Å². The third-order valence-corrected chi connectivity index (χ3v) is 4.03. The predicted molar refractivity (Wildman–Crippen MR) is 73.7 cm³/mol. The van der Waals surface area contributed by atoms with Crippen molar-refractivity contribution in [2.75, 3.05) is 13.7 Å². The summed E-state index contributed by atoms with van der Waals surface area (Å²) in [6, 6.07) is 0.195. The van der Waals surface area contributed by atoms with E-state index < -0.39 is 0 Å². The molecule has 1 aliphatic heterocycles. The van der Waals surface area contributed by atoms with E-state index >= 15 is 0 Å². The van der Waals surface area contributed by atoms with Gasteiger partial charge in [0.25, 0.3) is 5.91 Å². The second-order valence-electron chi connectivity index (χ2n) is 5.65. The van der Waals surface area contributed by atoms with Crippen LogP contribution in [0.1, 0.15) is 30.4 Å². The summed E-state index contributed by atoms with van der Waals surface area (Å²) in [6.07, 6.45) is 4.30. The van der Waals surface area contributed by atoms with E-state index in [4.69, 9.17) is 4.74 Å². The van der Waals surface area contributed by atoms with E-state index in [2.05, 4.69) is 22.2 Å². The molecule has 1 aromatic heterocycles. The summed E-state index contributed by atoms with van der Waals surface area (Å²) >= 11 is 0. The van der Waals surface area contributed by atoms with Gasteiger partial charge in [0.2, 0.25) is 11.7 Å². The molecule has 3 atom stereocenters. The Kier molecular flexibility index (Phi) is 3.48. The van der Waals surface area contributed by atoms with E-state index in [1.807, 2.05) is 4.90 Å². The number of hydrogen-bond donors (Lipinski definition) is 1. The summed E-state index contributed by atoms with van der Waals surface area (Å²) in [7, 11) is 1.51. The minimum atomic E-state index is -0.360. The van der Waals surface area contributed by atoms with Crippen LogP contribution in [0.4, 0.5) is 0 Å². The number of carbonyl (C=O) groups is 2. The first-order valence-electron chi connectivity index (χ1n) is 7.05. The van der Waals surface area contributed by atoms with Crippen LogP contribution in [0, 0.1) is 5.92 Å². The van der Waals surface area contributed by atoms with Crippen molar-refractivity contribution in [3.63, 3.8) is 0 Å². The van der Waals surface area contributed by atoms with Gasteiger partial charge >= 0.3 is 0 Å². The normalized spacial score (nSPS) is 27.6. The van der Waals surface area contributed by atoms with Gasteiger partial charge in [0, 0.05) is 19.0 Å². The van der Waals surface area contributed by atoms with E-state index in [0.29, 0.717) is 30.7 Å². The quantitative estimate of drug-likeness (QED) is 0.857. The van der Waals surface area contributed by atoms with E-state index in [-0.39, 0.29) is 23.7 Å². The lowest BCUT2D eigenvalue weighted by molar-refractivity contribution is -0.128. The summed E-state index contributed by atoms with van der Waals surface area (Å²) in [5.74, 6) is 0.915. The molecule has 2 amide bonds. The summed E-state index contributed by atoms with van der Waals surface area (Å²) in [5.41, 5.74) is 0. The molecule has 0 spiro atoms. The molecule has 112 valence electrons. The molecule has 21 heavy (non-hydrogen) atoms. The van der Waals surface area contributed by atoms with Gasteiger partial charge in [0.05, 0.1) is 25.5 Å². The second-order valence-corrected chi connectivity index (χ2v) is 5.65. The molecule has 3 unspecified atom stereocenters. The van der Waals surface area contributed by atoms with Crippen molar-refractivity contribution in [3.8, 4) is 5.75 Å². The lowest BCUT2D eigenvalue weighted by Gasteiger charge is -2.16. The Hall–Kier alpha value is -2.18. The second kappa shape index (κ2) is 5.31. The fraction of sp³-hybridized carbons (Fsp3) is 0.571. The average molecular weight is 290 g/mol. The Morgan fingerprint density at radius 2 is 2.10 bits per heavy atom. The number of methoxy groups -OCH3 is 1. The number of amides is 2. The maximum atomic E-state index is 12.1. The first-order valence-corrected chi connectivity index (χ1v) is 7.05. The highest BCUT2D eigenvalue weighted by Crippen LogP contribution is 2.37. The van der Waals surface area contributed by atoms with Crippen LogP contribution in [0.25, 0.3) is 0 Å². The average Bonchev–Trinajstić information content (AvgIpc) is 3.09. The minimum absolute atomic E-state index is 0.0847. The van der Waals surface area contributed by atoms with Crippen LogP contribution in [0.15, 0.2) is 12.4 Å². The fourth-order valence-electron chi connectivity index (χ4n) is 2.67. The molecule has 2 heterocycles. The Labute approximate surface area is 122 Å². The van der Waals surface area contributed by atoms with Crippen LogP contribution in [-0.4, -0.2) is 52.4 Å². The molecule has 0 aromatic carbocycles. The van der Waals surface area contributed by atoms with Crippen LogP contribution >= 0.6 is 0 Å². The van der Waals surface area contributed by atoms with Crippen molar-refractivity contribution >= 4 is 11.8 Å². The van der Waals surface area contributed by atoms with Gasteiger partial charge in [0.15, 0.2) is 5.75 Å². The number of aromatic nitrogens is 2. The van der Waals surface area contributed by atoms with Crippen LogP contribution in [-0.2, 0) is 4.79 Å². The SMILES string of the molecule is COc1cnc(C(=O)NC2CC(=O)N(C3CC3C)C2)nc1. The summed E-state index contributed by atoms with van der Waals surface area (Å²) in [6.45, 7) is 2.71. The smallest absolute Gasteiger partial charge is 0.289 e. The molecular weight excluding hydrogens is 272 g/mol. The molecule has 1 saturated carbocycles. The zero-order valence-electron chi connectivity index (χ0n) is 12.1. The number of ether oxygens (including phenoxy) is 1. The lowest BCUT2D eigenvalue weighted by atomic mass is 10.2. The highest BCUT2D eigenvalue weighted by molar-refractivity contribution is 5.91. The van der Waals surface area contributed by atoms with Crippen LogP contribution in [0.5, 0.6) is 5.75 Å². The number of likely N-dealkylation sites (tertiary alicyclic amines) is 1. The number of hydrogen-bond acceptors (Lipinski definition) is 5. The molecule has 2 fully saturated rings. The highest BCUT2D eigenvalue weighted by atomic mass is 16.5. The fourth-order valence-corrected chi connectivity index (χ4v) is 2.67. The minimum Gasteiger partial charge on any atom is -0.494 e. The van der Waals surface area contributed by atoms with Gasteiger partial charge in [-0.2, -0.15) is 0 Å². The maximum absolute atomic E-state index is 12.1. The summed E-state index contributed by atoms with van der Waals surface area (Å²) < 4.78 is 4.95. The molecule has 7 heteroatoms. The largest absolute Gasteiger partial charge is 0.494 e. The van der Waals surface area contributed by atoms with Gasteiger partial charge < -0.3 is 15.0 Å². The van der Waals surface area contributed by atoms with Crippen molar-refractivity contribution in [2.24, 2.45) is 5.92 Å². The van der Waals surface area contributed by atoms with Crippen molar-refractivity contribution in [3.05, 3.63) is 18.2 Å². The van der Waals surface area contributed by atoms with Gasteiger partial charge in [-0.15, -0.1) is 0 Å². The predicted octanol–water partition coefficient (Wildman–Crippen LogP) is 0.224. The van der Waals surface area contributed by atoms with Crippen molar-refractivity contribution in [2.45, 2.75) is 31.8 Å². The molecule has 2 aliphatic rings. The van der Waals surface area contributed by atoms with Crippen LogP contribution in [0.3, 0.4) is 0 Å². The molecule has 1 aliphatic carbocycles. The van der Waals surface area contributed by atoms with E-state index in [9.17, 15) is 9.59 Å². The Morgan fingerprint density at radius 1 is 1.43 bits per heavy atom. The Morgan fingerprint density at radius 3 is 2.67 bits per heavy atom. The van der Waals surface area contributed by atoms with E-state index in [0.717, 1.165) is 6.42 Å². The standard InChI is InChI=1S/C14H18N4O3/c1-8-3-11(8)18-7-9(4-12(18)19)17-14(20)13-15-5-10(21-2)6-16-13/h5-6,8-9,11H,3-4,7H2,1-2H3,(H,17,20). The van der Waals surface area contributed by atoms with Gasteiger partial charge in [0.1, 0.15) is 0 Å². The van der Waals surface area contributed by atoms with Gasteiger partial charge in [-0.25, -0.2) is 9.97 Å². The summed E-state index contributed by atoms with van der Waals surface area (Å²) in [5, 5.41) is 2.82. The number of rotatable bonds is 4. The Balaban J connectivity index is 1.58. The molecular formula is C14H18N4O3. The molecule has 3 rings (SSSR count). The van der Waals surface area contributed by atoms with Crippen LogP contribution < -0.4 is 10.1 Å². The first-order chi connectivity index (χ1) is 10.1. The van der Waals surface area contributed by atoms with Crippen molar-refractivity contribution in [1.82, 2.24) is 20.2 Å². The monoisotopic (exact) mass is 290 g/mol. The maximum Gasteiger partial charge on any atom is 0.289 e. The number of nitrogens with one attached hydrogen (secondary N) is 1. The third-order valence-electron chi connectivity index (χ3n) is 4.03. The molecule has 7 nitrogen and oxygen atoms in total. The van der Waals surface area contributed by atoms with Gasteiger partial charge in [-0.3, -0.25) is 9.59 Å². The van der Waals surface area contributed by atoms with E-state index in [1.54, 1.807) is 0 Å². The number of nitrogens with zero attached hydrogens (tertiary/aromatic N) is 3. The lowest BCUT2D eigenvalue weighted by Crippen LogP contribution is -2.38. The summed E-state index contributed by atoms with van der Waals surface area (Å²) in [4.78, 5) is 33.8. The Bertz CT molecular complexity index is 560. The van der Waals surface area contributed by atoms with Gasteiger partial charge in [-0.1, -0.05) is 6.92 Å². The third kappa shape index (κ3) is 2.81.